The topological polar surface area (TPSA) is 56.3 Å². The van der Waals surface area contributed by atoms with Crippen molar-refractivity contribution in [3.63, 3.8) is 0 Å². The smallest absolute Gasteiger partial charge is 0.337 e. The van der Waals surface area contributed by atoms with Crippen molar-refractivity contribution in [3.8, 4) is 0 Å². The van der Waals surface area contributed by atoms with Gasteiger partial charge in [-0.25, -0.2) is 4.79 Å². The van der Waals surface area contributed by atoms with Crippen molar-refractivity contribution in [3.05, 3.63) is 76.5 Å². The third-order valence-corrected chi connectivity index (χ3v) is 6.47. The molecule has 5 rings (SSSR count). The number of fused-ring (bicyclic) bond motifs is 3. The van der Waals surface area contributed by atoms with Crippen LogP contribution < -0.4 is 0 Å². The summed E-state index contributed by atoms with van der Waals surface area (Å²) in [7, 11) is 0. The van der Waals surface area contributed by atoms with Gasteiger partial charge in [0.25, 0.3) is 0 Å². The second-order valence-corrected chi connectivity index (χ2v) is 8.25. The number of aromatic nitrogens is 1. The number of nitrogens with zero attached hydrogens (tertiary/aromatic N) is 1. The Hall–Kier alpha value is -2.85. The fourth-order valence-corrected chi connectivity index (χ4v) is 5.02. The summed E-state index contributed by atoms with van der Waals surface area (Å²) in [6, 6.07) is 14.4. The first-order valence-corrected chi connectivity index (χ1v) is 10.5. The number of para-hydroxylation sites is 1. The Labute approximate surface area is 170 Å². The first kappa shape index (κ1) is 18.2. The number of aromatic amines is 1. The summed E-state index contributed by atoms with van der Waals surface area (Å²) in [6.07, 6.45) is 7.55. The predicted octanol–water partition coefficient (Wildman–Crippen LogP) is 4.90. The monoisotopic (exact) mass is 386 g/mol. The number of carbonyl (C=O) groups is 1. The molecule has 3 aromatic rings. The number of nitrogens with one attached hydrogen (secondary N) is 1. The molecule has 0 spiro atoms. The molecule has 0 radical (unpaired) electrons. The molecule has 1 aliphatic heterocycles. The van der Waals surface area contributed by atoms with E-state index in [1.54, 1.807) is 17.2 Å². The van der Waals surface area contributed by atoms with Crippen molar-refractivity contribution in [2.24, 2.45) is 0 Å². The van der Waals surface area contributed by atoms with Crippen LogP contribution in [0.4, 0.5) is 0 Å². The van der Waals surface area contributed by atoms with Gasteiger partial charge in [0.1, 0.15) is 0 Å². The van der Waals surface area contributed by atoms with E-state index in [1.165, 1.54) is 29.5 Å². The van der Waals surface area contributed by atoms with Gasteiger partial charge in [-0.15, -0.1) is 0 Å². The molecule has 2 aromatic carbocycles. The van der Waals surface area contributed by atoms with Crippen molar-refractivity contribution in [1.29, 1.82) is 0 Å². The number of benzene rings is 2. The Kier molecular flexibility index (Phi) is 4.72. The molecule has 0 fully saturated rings. The van der Waals surface area contributed by atoms with E-state index >= 15 is 0 Å². The van der Waals surface area contributed by atoms with E-state index in [2.05, 4.69) is 34.1 Å². The minimum atomic E-state index is -0.878. The third-order valence-electron chi connectivity index (χ3n) is 6.47. The molecular formula is C25H26N2O2. The normalized spacial score (nSPS) is 16.3. The van der Waals surface area contributed by atoms with Crippen LogP contribution >= 0.6 is 0 Å². The lowest BCUT2D eigenvalue weighted by atomic mass is 9.99. The lowest BCUT2D eigenvalue weighted by Gasteiger charge is -2.28. The lowest BCUT2D eigenvalue weighted by molar-refractivity contribution is 0.0699. The van der Waals surface area contributed by atoms with Crippen LogP contribution in [0.1, 0.15) is 46.3 Å². The summed E-state index contributed by atoms with van der Waals surface area (Å²) in [4.78, 5) is 17.1. The van der Waals surface area contributed by atoms with Crippen LogP contribution in [0.2, 0.25) is 0 Å². The molecule has 29 heavy (non-hydrogen) atoms. The molecule has 0 saturated heterocycles. The molecule has 2 N–H and O–H groups in total. The van der Waals surface area contributed by atoms with Crippen LogP contribution in [0, 0.1) is 0 Å². The number of H-pyrrole nitrogens is 1. The number of aryl methyl sites for hydroxylation is 1. The van der Waals surface area contributed by atoms with Crippen molar-refractivity contribution in [2.75, 3.05) is 19.6 Å². The van der Waals surface area contributed by atoms with Crippen molar-refractivity contribution in [1.82, 2.24) is 9.88 Å². The van der Waals surface area contributed by atoms with E-state index < -0.39 is 5.97 Å². The zero-order chi connectivity index (χ0) is 19.8. The van der Waals surface area contributed by atoms with Gasteiger partial charge in [-0.05, 0) is 72.6 Å². The van der Waals surface area contributed by atoms with Crippen molar-refractivity contribution >= 4 is 22.4 Å². The van der Waals surface area contributed by atoms with Gasteiger partial charge in [0.15, 0.2) is 0 Å². The van der Waals surface area contributed by atoms with Crippen LogP contribution in [0.15, 0.2) is 54.2 Å². The number of carboxylic acids is 1. The van der Waals surface area contributed by atoms with E-state index in [-0.39, 0.29) is 0 Å². The van der Waals surface area contributed by atoms with E-state index in [4.69, 9.17) is 0 Å². The lowest BCUT2D eigenvalue weighted by Crippen LogP contribution is -2.31. The zero-order valence-corrected chi connectivity index (χ0v) is 16.6. The molecule has 4 heteroatoms. The molecule has 0 bridgehead atoms. The third kappa shape index (κ3) is 3.38. The van der Waals surface area contributed by atoms with Crippen LogP contribution in [0.3, 0.4) is 0 Å². The second-order valence-electron chi connectivity index (χ2n) is 8.25. The Morgan fingerprint density at radius 2 is 2.00 bits per heavy atom. The van der Waals surface area contributed by atoms with Gasteiger partial charge in [0.05, 0.1) is 11.1 Å². The van der Waals surface area contributed by atoms with Crippen LogP contribution in [-0.2, 0) is 12.8 Å². The molecule has 1 aromatic heterocycles. The highest BCUT2D eigenvalue weighted by Crippen LogP contribution is 2.37. The van der Waals surface area contributed by atoms with E-state index in [9.17, 15) is 9.90 Å². The summed E-state index contributed by atoms with van der Waals surface area (Å²) in [6.45, 7) is 3.40. The van der Waals surface area contributed by atoms with Crippen molar-refractivity contribution < 1.29 is 9.90 Å². The second kappa shape index (κ2) is 7.53. The highest BCUT2D eigenvalue weighted by molar-refractivity contribution is 6.02. The Balaban J connectivity index is 1.16. The quantitative estimate of drug-likeness (QED) is 0.592. The largest absolute Gasteiger partial charge is 0.478 e. The molecular weight excluding hydrogens is 360 g/mol. The molecule has 148 valence electrons. The van der Waals surface area contributed by atoms with E-state index in [0.29, 0.717) is 5.56 Å². The highest BCUT2D eigenvalue weighted by Gasteiger charge is 2.26. The maximum absolute atomic E-state index is 11.4. The molecule has 1 aliphatic carbocycles. The predicted molar refractivity (Wildman–Crippen MR) is 116 cm³/mol. The van der Waals surface area contributed by atoms with Gasteiger partial charge in [-0.2, -0.15) is 0 Å². The van der Waals surface area contributed by atoms with Gasteiger partial charge in [-0.3, -0.25) is 4.90 Å². The van der Waals surface area contributed by atoms with Gasteiger partial charge in [0, 0.05) is 24.7 Å². The van der Waals surface area contributed by atoms with Crippen LogP contribution in [0.25, 0.3) is 16.5 Å². The molecule has 0 saturated carbocycles. The summed E-state index contributed by atoms with van der Waals surface area (Å²) < 4.78 is 0. The van der Waals surface area contributed by atoms with Gasteiger partial charge in [-0.1, -0.05) is 36.4 Å². The minimum Gasteiger partial charge on any atom is -0.478 e. The average molecular weight is 386 g/mol. The number of aromatic carboxylic acids is 1. The fraction of sp³-hybridized carbons (Fsp3) is 0.320. The fourth-order valence-electron chi connectivity index (χ4n) is 5.02. The number of unbranched alkanes of at least 4 members (excludes halogenated alkanes) is 1. The van der Waals surface area contributed by atoms with Crippen LogP contribution in [-0.4, -0.2) is 40.6 Å². The van der Waals surface area contributed by atoms with Crippen molar-refractivity contribution in [2.45, 2.75) is 32.1 Å². The molecule has 4 nitrogen and oxygen atoms in total. The van der Waals surface area contributed by atoms with Gasteiger partial charge in [0.2, 0.25) is 0 Å². The highest BCUT2D eigenvalue weighted by atomic mass is 16.4. The summed E-state index contributed by atoms with van der Waals surface area (Å²) in [5.41, 5.74) is 8.52. The van der Waals surface area contributed by atoms with E-state index in [1.807, 2.05) is 18.3 Å². The molecule has 0 atom stereocenters. The summed E-state index contributed by atoms with van der Waals surface area (Å²) >= 11 is 0. The number of carboxylic acid groups (broad SMARTS) is 1. The molecule has 0 amide bonds. The Morgan fingerprint density at radius 1 is 1.10 bits per heavy atom. The maximum Gasteiger partial charge on any atom is 0.337 e. The molecule has 2 aliphatic rings. The Bertz CT molecular complexity index is 1110. The summed E-state index contributed by atoms with van der Waals surface area (Å²) in [5, 5.41) is 10.4. The van der Waals surface area contributed by atoms with Gasteiger partial charge >= 0.3 is 5.97 Å². The zero-order valence-electron chi connectivity index (χ0n) is 16.6. The van der Waals surface area contributed by atoms with E-state index in [0.717, 1.165) is 49.8 Å². The number of hydrogen-bond acceptors (Lipinski definition) is 2. The SMILES string of the molecule is O=C(O)c1cccc2c(CCCCN3CCC4=C(Cc5ccccc54)C3)c[nH]c12. The first-order chi connectivity index (χ1) is 14.2. The van der Waals surface area contributed by atoms with Crippen LogP contribution in [0.5, 0.6) is 0 Å². The molecule has 0 unspecified atom stereocenters. The number of hydrogen-bond donors (Lipinski definition) is 2. The number of rotatable bonds is 6. The summed E-state index contributed by atoms with van der Waals surface area (Å²) in [5.74, 6) is -0.878. The van der Waals surface area contributed by atoms with Gasteiger partial charge < -0.3 is 10.1 Å². The minimum absolute atomic E-state index is 0.351. The first-order valence-electron chi connectivity index (χ1n) is 10.5. The Morgan fingerprint density at radius 3 is 2.90 bits per heavy atom. The maximum atomic E-state index is 11.4. The molecule has 2 heterocycles. The average Bonchev–Trinajstić information content (AvgIpc) is 3.31. The standard InChI is InChI=1S/C25H26N2O2/c28-25(29)23-10-5-9-22-18(15-26-24(22)23)7-3-4-12-27-13-11-21-19(16-27)14-17-6-1-2-8-20(17)21/h1-2,5-6,8-10,15,26H,3-4,7,11-14,16H2,(H,28,29).